The van der Waals surface area contributed by atoms with Crippen LogP contribution >= 0.6 is 11.6 Å². The van der Waals surface area contributed by atoms with E-state index in [9.17, 15) is 5.11 Å². The van der Waals surface area contributed by atoms with Gasteiger partial charge in [0.2, 0.25) is 0 Å². The van der Waals surface area contributed by atoms with E-state index in [1.54, 1.807) is 0 Å². The van der Waals surface area contributed by atoms with Crippen LogP contribution in [0.15, 0.2) is 36.4 Å². The molecule has 0 amide bonds. The number of fused-ring (bicyclic) bond motifs is 1. The number of hydrogen-bond donors (Lipinski definition) is 2. The number of benzene rings is 2. The van der Waals surface area contributed by atoms with Gasteiger partial charge in [-0.1, -0.05) is 41.9 Å². The molecule has 0 fully saturated rings. The number of rotatable bonds is 1. The minimum atomic E-state index is -0.199. The first-order valence-electron chi connectivity index (χ1n) is 6.41. The fourth-order valence-corrected chi connectivity index (χ4v) is 3.31. The number of phenols is 1. The molecule has 2 unspecified atom stereocenters. The molecule has 2 nitrogen and oxygen atoms in total. The number of halogens is 1. The van der Waals surface area contributed by atoms with Crippen molar-refractivity contribution in [2.45, 2.75) is 25.3 Å². The highest BCUT2D eigenvalue weighted by molar-refractivity contribution is 6.31. The molecule has 0 saturated heterocycles. The SMILES string of the molecule is Cc1cc(Cl)c2c(c1O)C(N)C(c1ccccc1)C2. The maximum absolute atomic E-state index is 10.2. The Kier molecular flexibility index (Phi) is 3.00. The van der Waals surface area contributed by atoms with Crippen LogP contribution in [0.1, 0.15) is 34.2 Å². The summed E-state index contributed by atoms with van der Waals surface area (Å²) in [5.74, 6) is 0.478. The first-order chi connectivity index (χ1) is 9.09. The van der Waals surface area contributed by atoms with E-state index >= 15 is 0 Å². The minimum Gasteiger partial charge on any atom is -0.507 e. The summed E-state index contributed by atoms with van der Waals surface area (Å²) in [6, 6.07) is 11.8. The molecule has 3 rings (SSSR count). The second-order valence-corrected chi connectivity index (χ2v) is 5.57. The summed E-state index contributed by atoms with van der Waals surface area (Å²) in [7, 11) is 0. The van der Waals surface area contributed by atoms with Gasteiger partial charge in [-0.05, 0) is 36.1 Å². The van der Waals surface area contributed by atoms with Gasteiger partial charge in [-0.2, -0.15) is 0 Å². The van der Waals surface area contributed by atoms with Crippen LogP contribution in [0, 0.1) is 6.92 Å². The monoisotopic (exact) mass is 273 g/mol. The number of aromatic hydroxyl groups is 1. The molecular formula is C16H16ClNO. The summed E-state index contributed by atoms with van der Waals surface area (Å²) in [6.07, 6.45) is 0.785. The molecule has 0 radical (unpaired) electrons. The lowest BCUT2D eigenvalue weighted by atomic mass is 9.92. The van der Waals surface area contributed by atoms with Crippen molar-refractivity contribution in [1.82, 2.24) is 0 Å². The molecule has 3 N–H and O–H groups in total. The number of phenolic OH excluding ortho intramolecular Hbond substituents is 1. The predicted octanol–water partition coefficient (Wildman–Crippen LogP) is 3.69. The van der Waals surface area contributed by atoms with Gasteiger partial charge >= 0.3 is 0 Å². The van der Waals surface area contributed by atoms with Crippen molar-refractivity contribution in [3.05, 3.63) is 63.7 Å². The average molecular weight is 274 g/mol. The summed E-state index contributed by atoms with van der Waals surface area (Å²) >= 11 is 6.30. The molecule has 2 aromatic carbocycles. The summed E-state index contributed by atoms with van der Waals surface area (Å²) in [6.45, 7) is 1.85. The molecule has 2 aromatic rings. The topological polar surface area (TPSA) is 46.2 Å². The van der Waals surface area contributed by atoms with Crippen molar-refractivity contribution in [2.75, 3.05) is 0 Å². The van der Waals surface area contributed by atoms with E-state index in [2.05, 4.69) is 12.1 Å². The van der Waals surface area contributed by atoms with Crippen LogP contribution in [0.5, 0.6) is 5.75 Å². The van der Waals surface area contributed by atoms with E-state index < -0.39 is 0 Å². The summed E-state index contributed by atoms with van der Waals surface area (Å²) < 4.78 is 0. The molecule has 0 spiro atoms. The summed E-state index contributed by atoms with van der Waals surface area (Å²) in [5.41, 5.74) is 10.1. The van der Waals surface area contributed by atoms with Gasteiger partial charge in [0.05, 0.1) is 0 Å². The maximum Gasteiger partial charge on any atom is 0.123 e. The predicted molar refractivity (Wildman–Crippen MR) is 77.7 cm³/mol. The molecule has 0 heterocycles. The van der Waals surface area contributed by atoms with Crippen LogP contribution < -0.4 is 5.73 Å². The highest BCUT2D eigenvalue weighted by atomic mass is 35.5. The summed E-state index contributed by atoms with van der Waals surface area (Å²) in [4.78, 5) is 0. The molecule has 1 aliphatic carbocycles. The third kappa shape index (κ3) is 1.92. The van der Waals surface area contributed by atoms with Gasteiger partial charge in [-0.25, -0.2) is 0 Å². The third-order valence-electron chi connectivity index (χ3n) is 4.00. The first kappa shape index (κ1) is 12.5. The zero-order valence-corrected chi connectivity index (χ0v) is 11.5. The normalized spacial score (nSPS) is 21.4. The standard InChI is InChI=1S/C16H16ClNO/c1-9-7-13(17)12-8-11(10-5-3-2-4-6-10)15(18)14(12)16(9)19/h2-7,11,15,19H,8,18H2,1H3. The molecule has 0 aromatic heterocycles. The van der Waals surface area contributed by atoms with E-state index in [0.717, 1.165) is 23.1 Å². The van der Waals surface area contributed by atoms with Crippen LogP contribution in [0.4, 0.5) is 0 Å². The van der Waals surface area contributed by atoms with Gasteiger partial charge in [0.25, 0.3) is 0 Å². The maximum atomic E-state index is 10.2. The van der Waals surface area contributed by atoms with Gasteiger partial charge in [-0.15, -0.1) is 0 Å². The second-order valence-electron chi connectivity index (χ2n) is 5.16. The van der Waals surface area contributed by atoms with Gasteiger partial charge in [-0.3, -0.25) is 0 Å². The number of aryl methyl sites for hydroxylation is 1. The second kappa shape index (κ2) is 4.55. The lowest BCUT2D eigenvalue weighted by Crippen LogP contribution is -2.15. The van der Waals surface area contributed by atoms with E-state index in [0.29, 0.717) is 10.8 Å². The highest BCUT2D eigenvalue weighted by Crippen LogP contribution is 2.48. The lowest BCUT2D eigenvalue weighted by Gasteiger charge is -2.17. The van der Waals surface area contributed by atoms with E-state index in [1.807, 2.05) is 31.2 Å². The van der Waals surface area contributed by atoms with Crippen LogP contribution in [0.3, 0.4) is 0 Å². The quantitative estimate of drug-likeness (QED) is 0.832. The minimum absolute atomic E-state index is 0.182. The fraction of sp³-hybridized carbons (Fsp3) is 0.250. The molecule has 98 valence electrons. The number of nitrogens with two attached hydrogens (primary N) is 1. The van der Waals surface area contributed by atoms with Crippen LogP contribution in [-0.2, 0) is 6.42 Å². The van der Waals surface area contributed by atoms with E-state index in [1.165, 1.54) is 5.56 Å². The Labute approximate surface area is 117 Å². The van der Waals surface area contributed by atoms with Gasteiger partial charge < -0.3 is 10.8 Å². The van der Waals surface area contributed by atoms with Crippen molar-refractivity contribution >= 4 is 11.6 Å². The Morgan fingerprint density at radius 1 is 1.26 bits per heavy atom. The average Bonchev–Trinajstić information content (AvgIpc) is 2.76. The Morgan fingerprint density at radius 3 is 2.63 bits per heavy atom. The highest BCUT2D eigenvalue weighted by Gasteiger charge is 2.35. The van der Waals surface area contributed by atoms with Gasteiger partial charge in [0.1, 0.15) is 5.75 Å². The Bertz CT molecular complexity index is 624. The molecule has 3 heteroatoms. The van der Waals surface area contributed by atoms with Crippen LogP contribution in [-0.4, -0.2) is 5.11 Å². The van der Waals surface area contributed by atoms with Crippen molar-refractivity contribution in [1.29, 1.82) is 0 Å². The molecule has 1 aliphatic rings. The molecule has 2 atom stereocenters. The largest absolute Gasteiger partial charge is 0.507 e. The van der Waals surface area contributed by atoms with Crippen molar-refractivity contribution < 1.29 is 5.11 Å². The zero-order valence-electron chi connectivity index (χ0n) is 10.7. The molecular weight excluding hydrogens is 258 g/mol. The Morgan fingerprint density at radius 2 is 1.95 bits per heavy atom. The first-order valence-corrected chi connectivity index (χ1v) is 6.78. The smallest absolute Gasteiger partial charge is 0.123 e. The molecule has 0 saturated carbocycles. The molecule has 0 bridgehead atoms. The van der Waals surface area contributed by atoms with Crippen molar-refractivity contribution in [3.8, 4) is 5.75 Å². The zero-order chi connectivity index (χ0) is 13.6. The van der Waals surface area contributed by atoms with Gasteiger partial charge in [0, 0.05) is 22.5 Å². The third-order valence-corrected chi connectivity index (χ3v) is 4.34. The fourth-order valence-electron chi connectivity index (χ4n) is 2.97. The molecule has 0 aliphatic heterocycles. The van der Waals surface area contributed by atoms with Crippen molar-refractivity contribution in [3.63, 3.8) is 0 Å². The van der Waals surface area contributed by atoms with Crippen molar-refractivity contribution in [2.24, 2.45) is 5.73 Å². The Balaban J connectivity index is 2.10. The van der Waals surface area contributed by atoms with E-state index in [-0.39, 0.29) is 12.0 Å². The van der Waals surface area contributed by atoms with E-state index in [4.69, 9.17) is 17.3 Å². The van der Waals surface area contributed by atoms with Gasteiger partial charge in [0.15, 0.2) is 0 Å². The summed E-state index contributed by atoms with van der Waals surface area (Å²) in [5, 5.41) is 10.9. The molecule has 19 heavy (non-hydrogen) atoms. The van der Waals surface area contributed by atoms with Crippen LogP contribution in [0.25, 0.3) is 0 Å². The Hall–Kier alpha value is -1.51. The number of hydrogen-bond acceptors (Lipinski definition) is 2. The lowest BCUT2D eigenvalue weighted by molar-refractivity contribution is 0.456. The van der Waals surface area contributed by atoms with Crippen LogP contribution in [0.2, 0.25) is 5.02 Å².